The number of hydrogen-bond acceptors (Lipinski definition) is 9. The number of aromatic nitrogens is 1. The Morgan fingerprint density at radius 1 is 1.38 bits per heavy atom. The summed E-state index contributed by atoms with van der Waals surface area (Å²) in [4.78, 5) is 26.9. The van der Waals surface area contributed by atoms with Gasteiger partial charge in [-0.15, -0.1) is 11.3 Å². The van der Waals surface area contributed by atoms with Gasteiger partial charge in [0.05, 0.1) is 35.3 Å². The van der Waals surface area contributed by atoms with Crippen LogP contribution in [0.2, 0.25) is 0 Å². The van der Waals surface area contributed by atoms with Crippen LogP contribution >= 0.6 is 11.3 Å². The molecule has 9 nitrogen and oxygen atoms in total. The van der Waals surface area contributed by atoms with Gasteiger partial charge in [-0.1, -0.05) is 13.8 Å². The molecule has 1 saturated heterocycles. The molecule has 34 heavy (non-hydrogen) atoms. The predicted molar refractivity (Wildman–Crippen MR) is 125 cm³/mol. The largest absolute Gasteiger partial charge is 0.493 e. The Morgan fingerprint density at radius 2 is 2.18 bits per heavy atom. The van der Waals surface area contributed by atoms with Crippen molar-refractivity contribution in [2.75, 3.05) is 6.61 Å². The smallest absolute Gasteiger partial charge is 0.308 e. The third-order valence-corrected chi connectivity index (χ3v) is 7.57. The third kappa shape index (κ3) is 5.39. The zero-order chi connectivity index (χ0) is 24.4. The Kier molecular flexibility index (Phi) is 7.49. The highest BCUT2D eigenvalue weighted by atomic mass is 32.1. The van der Waals surface area contributed by atoms with Crippen molar-refractivity contribution in [3.05, 3.63) is 50.0 Å². The summed E-state index contributed by atoms with van der Waals surface area (Å²) in [6, 6.07) is 4.69. The molecule has 1 aromatic carbocycles. The van der Waals surface area contributed by atoms with Gasteiger partial charge in [-0.25, -0.2) is 4.98 Å². The van der Waals surface area contributed by atoms with Gasteiger partial charge >= 0.3 is 5.97 Å². The number of carbonyl (C=O) groups is 1. The minimum Gasteiger partial charge on any atom is -0.493 e. The molecule has 0 amide bonds. The molecular formula is C24H30N2O7S. The van der Waals surface area contributed by atoms with Crippen LogP contribution in [-0.2, 0) is 20.9 Å². The molecule has 184 valence electrons. The maximum absolute atomic E-state index is 11.7. The number of esters is 1. The lowest BCUT2D eigenvalue weighted by Crippen LogP contribution is -2.33. The second-order valence-electron chi connectivity index (χ2n) is 9.33. The molecule has 1 saturated carbocycles. The van der Waals surface area contributed by atoms with Gasteiger partial charge in [0, 0.05) is 29.3 Å². The van der Waals surface area contributed by atoms with Crippen molar-refractivity contribution in [3.8, 4) is 5.75 Å². The van der Waals surface area contributed by atoms with Crippen LogP contribution in [0.5, 0.6) is 5.75 Å². The van der Waals surface area contributed by atoms with Crippen molar-refractivity contribution in [2.45, 2.75) is 65.0 Å². The number of hydrogen-bond donors (Lipinski definition) is 1. The van der Waals surface area contributed by atoms with Gasteiger partial charge in [-0.3, -0.25) is 14.9 Å². The Labute approximate surface area is 202 Å². The van der Waals surface area contributed by atoms with E-state index in [2.05, 4.69) is 4.98 Å². The van der Waals surface area contributed by atoms with Crippen LogP contribution in [-0.4, -0.2) is 39.8 Å². The molecular weight excluding hydrogens is 460 g/mol. The highest BCUT2D eigenvalue weighted by Crippen LogP contribution is 2.46. The first-order valence-corrected chi connectivity index (χ1v) is 12.4. The van der Waals surface area contributed by atoms with E-state index in [-0.39, 0.29) is 48.2 Å². The number of nitrogens with zero attached hydrogens (tertiary/aromatic N) is 2. The molecule has 10 heteroatoms. The van der Waals surface area contributed by atoms with E-state index >= 15 is 0 Å². The van der Waals surface area contributed by atoms with Crippen molar-refractivity contribution < 1.29 is 29.0 Å². The lowest BCUT2D eigenvalue weighted by atomic mass is 9.87. The fourth-order valence-corrected chi connectivity index (χ4v) is 5.58. The molecule has 1 aromatic heterocycles. The minimum absolute atomic E-state index is 0.0588. The number of nitro benzene ring substituents is 1. The number of thiazole rings is 1. The highest BCUT2D eigenvalue weighted by Gasteiger charge is 2.47. The van der Waals surface area contributed by atoms with Crippen LogP contribution in [0.15, 0.2) is 23.6 Å². The van der Waals surface area contributed by atoms with E-state index in [0.717, 1.165) is 23.5 Å². The van der Waals surface area contributed by atoms with Crippen molar-refractivity contribution in [1.29, 1.82) is 0 Å². The number of aryl methyl sites for hydroxylation is 1. The molecule has 2 aliphatic rings. The molecule has 0 radical (unpaired) electrons. The molecule has 0 spiro atoms. The monoisotopic (exact) mass is 490 g/mol. The average molecular weight is 491 g/mol. The third-order valence-electron chi connectivity index (χ3n) is 6.58. The van der Waals surface area contributed by atoms with Crippen LogP contribution in [0.3, 0.4) is 0 Å². The van der Waals surface area contributed by atoms with Crippen molar-refractivity contribution in [2.24, 2.45) is 17.8 Å². The lowest BCUT2D eigenvalue weighted by Gasteiger charge is -2.33. The van der Waals surface area contributed by atoms with Crippen LogP contribution in [0.4, 0.5) is 5.69 Å². The molecule has 0 unspecified atom stereocenters. The summed E-state index contributed by atoms with van der Waals surface area (Å²) in [5.41, 5.74) is 1.32. The molecule has 1 aliphatic heterocycles. The number of aliphatic hydroxyl groups excluding tert-OH is 1. The minimum atomic E-state index is -0.532. The number of ether oxygens (including phenoxy) is 3. The van der Waals surface area contributed by atoms with E-state index in [1.165, 1.54) is 17.4 Å². The standard InChI is InChI=1S/C24H30N2O7S/c1-13(2)24(28)32-10-15-12-34-23(25-15)21-7-5-17-18(20(27)9-22(17)33-21)11-31-16-4-6-19(26(29)30)14(3)8-16/h4,6,8,12-13,17-18,20-22,27H,5,7,9-11H2,1-3H3/t17-,18-,20-,21-,22+/m1/s1. The fraction of sp³-hybridized carbons (Fsp3) is 0.583. The Hall–Kier alpha value is -2.56. The summed E-state index contributed by atoms with van der Waals surface area (Å²) in [5, 5.41) is 24.5. The van der Waals surface area contributed by atoms with Gasteiger partial charge in [-0.2, -0.15) is 0 Å². The predicted octanol–water partition coefficient (Wildman–Crippen LogP) is 4.36. The highest BCUT2D eigenvalue weighted by molar-refractivity contribution is 7.09. The zero-order valence-electron chi connectivity index (χ0n) is 19.5. The van der Waals surface area contributed by atoms with E-state index in [1.54, 1.807) is 32.9 Å². The number of rotatable bonds is 8. The quantitative estimate of drug-likeness (QED) is 0.329. The SMILES string of the molecule is Cc1cc(OC[C@@H]2[C@H]3CC[C@H](c4nc(COC(=O)C(C)C)cs4)O[C@H]3C[C@H]2O)ccc1[N+](=O)[O-]. The summed E-state index contributed by atoms with van der Waals surface area (Å²) >= 11 is 1.50. The molecule has 1 N–H and O–H groups in total. The summed E-state index contributed by atoms with van der Waals surface area (Å²) in [6.45, 7) is 5.76. The van der Waals surface area contributed by atoms with Crippen molar-refractivity contribution >= 4 is 23.0 Å². The number of benzene rings is 1. The van der Waals surface area contributed by atoms with Crippen LogP contribution in [0.1, 0.15) is 55.5 Å². The lowest BCUT2D eigenvalue weighted by molar-refractivity contribution is -0.385. The van der Waals surface area contributed by atoms with E-state index in [4.69, 9.17) is 14.2 Å². The fourth-order valence-electron chi connectivity index (χ4n) is 4.71. The molecule has 2 fully saturated rings. The van der Waals surface area contributed by atoms with Gasteiger partial charge in [-0.05, 0) is 37.8 Å². The summed E-state index contributed by atoms with van der Waals surface area (Å²) in [5.74, 6) is 0.248. The molecule has 0 bridgehead atoms. The number of carbonyl (C=O) groups excluding carboxylic acids is 1. The first-order valence-electron chi connectivity index (χ1n) is 11.5. The van der Waals surface area contributed by atoms with Gasteiger partial charge in [0.25, 0.3) is 5.69 Å². The van der Waals surface area contributed by atoms with E-state index < -0.39 is 11.0 Å². The van der Waals surface area contributed by atoms with E-state index in [0.29, 0.717) is 24.3 Å². The van der Waals surface area contributed by atoms with Crippen LogP contribution in [0.25, 0.3) is 0 Å². The zero-order valence-corrected chi connectivity index (χ0v) is 20.3. The maximum atomic E-state index is 11.7. The summed E-state index contributed by atoms with van der Waals surface area (Å²) < 4.78 is 17.5. The maximum Gasteiger partial charge on any atom is 0.308 e. The summed E-state index contributed by atoms with van der Waals surface area (Å²) in [6.07, 6.45) is 1.47. The normalized spacial score (nSPS) is 26.3. The average Bonchev–Trinajstić information content (AvgIpc) is 3.39. The number of fused-ring (bicyclic) bond motifs is 1. The number of aliphatic hydroxyl groups is 1. The van der Waals surface area contributed by atoms with Crippen LogP contribution < -0.4 is 4.74 Å². The molecule has 4 rings (SSSR count). The van der Waals surface area contributed by atoms with E-state index in [9.17, 15) is 20.0 Å². The Morgan fingerprint density at radius 3 is 2.88 bits per heavy atom. The Bertz CT molecular complexity index is 1040. The Balaban J connectivity index is 1.32. The second kappa shape index (κ2) is 10.4. The molecule has 2 aromatic rings. The summed E-state index contributed by atoms with van der Waals surface area (Å²) in [7, 11) is 0. The van der Waals surface area contributed by atoms with Crippen molar-refractivity contribution in [3.63, 3.8) is 0 Å². The van der Waals surface area contributed by atoms with Crippen LogP contribution in [0, 0.1) is 34.8 Å². The molecule has 2 heterocycles. The van der Waals surface area contributed by atoms with Gasteiger partial charge < -0.3 is 19.3 Å². The molecule has 1 aliphatic carbocycles. The van der Waals surface area contributed by atoms with Gasteiger partial charge in [0.15, 0.2) is 0 Å². The first-order chi connectivity index (χ1) is 16.2. The second-order valence-corrected chi connectivity index (χ2v) is 10.2. The molecule has 5 atom stereocenters. The number of nitro groups is 1. The topological polar surface area (TPSA) is 121 Å². The van der Waals surface area contributed by atoms with Crippen molar-refractivity contribution in [1.82, 2.24) is 4.98 Å². The van der Waals surface area contributed by atoms with Gasteiger partial charge in [0.2, 0.25) is 0 Å². The first kappa shape index (κ1) is 24.6. The van der Waals surface area contributed by atoms with Gasteiger partial charge in [0.1, 0.15) is 23.5 Å². The van der Waals surface area contributed by atoms with E-state index in [1.807, 2.05) is 5.38 Å².